The second-order valence-electron chi connectivity index (χ2n) is 3.74. The zero-order chi connectivity index (χ0) is 10.3. The Hall–Kier alpha value is -1.91. The molecule has 0 atom stereocenters. The smallest absolute Gasteiger partial charge is 0.231 e. The molecule has 1 amide bonds. The van der Waals surface area contributed by atoms with Gasteiger partial charge in [-0.3, -0.25) is 10.1 Å². The summed E-state index contributed by atoms with van der Waals surface area (Å²) in [7, 11) is 0. The van der Waals surface area contributed by atoms with Gasteiger partial charge in [0.15, 0.2) is 0 Å². The molecule has 5 nitrogen and oxygen atoms in total. The van der Waals surface area contributed by atoms with Gasteiger partial charge in [-0.15, -0.1) is 0 Å². The van der Waals surface area contributed by atoms with Gasteiger partial charge in [0.2, 0.25) is 11.9 Å². The highest BCUT2D eigenvalue weighted by Crippen LogP contribution is 2.29. The Morgan fingerprint density at radius 3 is 3.20 bits per heavy atom. The largest absolute Gasteiger partial charge is 0.346 e. The Morgan fingerprint density at radius 2 is 2.40 bits per heavy atom. The van der Waals surface area contributed by atoms with Crippen LogP contribution in [0.15, 0.2) is 18.5 Å². The first-order chi connectivity index (χ1) is 7.33. The third-order valence-corrected chi connectivity index (χ3v) is 2.48. The van der Waals surface area contributed by atoms with Crippen LogP contribution in [0.25, 0.3) is 11.0 Å². The number of H-pyrrole nitrogens is 1. The van der Waals surface area contributed by atoms with Gasteiger partial charge in [0.25, 0.3) is 0 Å². The molecular weight excluding hydrogens is 192 g/mol. The number of carbonyl (C=O) groups is 1. The monoisotopic (exact) mass is 202 g/mol. The van der Waals surface area contributed by atoms with E-state index in [-0.39, 0.29) is 11.8 Å². The topological polar surface area (TPSA) is 70.7 Å². The van der Waals surface area contributed by atoms with E-state index in [2.05, 4.69) is 20.3 Å². The first kappa shape index (κ1) is 8.40. The fourth-order valence-corrected chi connectivity index (χ4v) is 1.46. The van der Waals surface area contributed by atoms with Gasteiger partial charge in [-0.1, -0.05) is 0 Å². The number of rotatable bonds is 2. The standard InChI is InChI=1S/C10H10N4O/c15-9(6-1-2-6)14-10-12-5-7-3-4-11-8(7)13-10/h3-6H,1-2H2,(H2,11,12,13,14,15). The second-order valence-corrected chi connectivity index (χ2v) is 3.74. The van der Waals surface area contributed by atoms with Crippen molar-refractivity contribution in [2.75, 3.05) is 5.32 Å². The normalized spacial score (nSPS) is 15.5. The number of carbonyl (C=O) groups excluding carboxylic acids is 1. The SMILES string of the molecule is O=C(Nc1ncc2cc[nH]c2n1)C1CC1. The molecule has 3 rings (SSSR count). The van der Waals surface area contributed by atoms with Crippen LogP contribution in [0.5, 0.6) is 0 Å². The van der Waals surface area contributed by atoms with Crippen molar-refractivity contribution in [1.82, 2.24) is 15.0 Å². The molecule has 0 radical (unpaired) electrons. The number of hydrogen-bond acceptors (Lipinski definition) is 3. The number of aromatic nitrogens is 3. The third-order valence-electron chi connectivity index (χ3n) is 2.48. The Morgan fingerprint density at radius 1 is 1.53 bits per heavy atom. The number of fused-ring (bicyclic) bond motifs is 1. The van der Waals surface area contributed by atoms with E-state index in [1.165, 1.54) is 0 Å². The summed E-state index contributed by atoms with van der Waals surface area (Å²) < 4.78 is 0. The third kappa shape index (κ3) is 1.56. The van der Waals surface area contributed by atoms with Gasteiger partial charge < -0.3 is 4.98 Å². The minimum atomic E-state index is 0.0286. The fraction of sp³-hybridized carbons (Fsp3) is 0.300. The highest BCUT2D eigenvalue weighted by Gasteiger charge is 2.30. The van der Waals surface area contributed by atoms with Gasteiger partial charge >= 0.3 is 0 Å². The van der Waals surface area contributed by atoms with Crippen LogP contribution in [-0.2, 0) is 4.79 Å². The van der Waals surface area contributed by atoms with Crippen molar-refractivity contribution in [3.8, 4) is 0 Å². The number of aromatic amines is 1. The predicted octanol–water partition coefficient (Wildman–Crippen LogP) is 1.31. The van der Waals surface area contributed by atoms with Gasteiger partial charge in [0, 0.05) is 23.7 Å². The number of anilines is 1. The molecule has 0 spiro atoms. The van der Waals surface area contributed by atoms with E-state index >= 15 is 0 Å². The van der Waals surface area contributed by atoms with Crippen molar-refractivity contribution in [3.05, 3.63) is 18.5 Å². The summed E-state index contributed by atoms with van der Waals surface area (Å²) in [5.41, 5.74) is 0.746. The van der Waals surface area contributed by atoms with Crippen LogP contribution in [-0.4, -0.2) is 20.9 Å². The summed E-state index contributed by atoms with van der Waals surface area (Å²) in [6, 6.07) is 1.89. The minimum Gasteiger partial charge on any atom is -0.346 e. The predicted molar refractivity (Wildman–Crippen MR) is 55.2 cm³/mol. The molecule has 1 aliphatic rings. The molecule has 0 aromatic carbocycles. The summed E-state index contributed by atoms with van der Waals surface area (Å²) in [5.74, 6) is 0.579. The van der Waals surface area contributed by atoms with Crippen molar-refractivity contribution in [3.63, 3.8) is 0 Å². The Balaban J connectivity index is 1.86. The minimum absolute atomic E-state index is 0.0286. The van der Waals surface area contributed by atoms with Gasteiger partial charge in [-0.05, 0) is 18.9 Å². The number of hydrogen-bond donors (Lipinski definition) is 2. The van der Waals surface area contributed by atoms with Crippen molar-refractivity contribution < 1.29 is 4.79 Å². The lowest BCUT2D eigenvalue weighted by Gasteiger charge is -2.01. The molecule has 0 saturated heterocycles. The zero-order valence-electron chi connectivity index (χ0n) is 8.03. The molecular formula is C10H10N4O. The zero-order valence-corrected chi connectivity index (χ0v) is 8.03. The number of amides is 1. The van der Waals surface area contributed by atoms with Crippen molar-refractivity contribution >= 4 is 22.9 Å². The highest BCUT2D eigenvalue weighted by molar-refractivity contribution is 5.93. The molecule has 5 heteroatoms. The molecule has 0 unspecified atom stereocenters. The summed E-state index contributed by atoms with van der Waals surface area (Å²) in [6.45, 7) is 0. The Kier molecular flexibility index (Phi) is 1.71. The van der Waals surface area contributed by atoms with E-state index in [1.54, 1.807) is 12.4 Å². The van der Waals surface area contributed by atoms with Gasteiger partial charge in [-0.2, -0.15) is 4.98 Å². The summed E-state index contributed by atoms with van der Waals surface area (Å²) >= 11 is 0. The average molecular weight is 202 g/mol. The summed E-state index contributed by atoms with van der Waals surface area (Å²) in [4.78, 5) is 22.7. The molecule has 1 saturated carbocycles. The maximum Gasteiger partial charge on any atom is 0.231 e. The summed E-state index contributed by atoms with van der Waals surface area (Å²) in [6.07, 6.45) is 5.46. The Labute approximate surface area is 85.9 Å². The number of nitrogens with one attached hydrogen (secondary N) is 2. The van der Waals surface area contributed by atoms with E-state index < -0.39 is 0 Å². The average Bonchev–Trinajstić information content (AvgIpc) is 2.98. The Bertz CT molecular complexity index is 515. The molecule has 15 heavy (non-hydrogen) atoms. The molecule has 1 aliphatic carbocycles. The molecule has 2 aromatic rings. The van der Waals surface area contributed by atoms with Gasteiger partial charge in [-0.25, -0.2) is 4.98 Å². The maximum absolute atomic E-state index is 11.4. The molecule has 2 aromatic heterocycles. The van der Waals surface area contributed by atoms with Crippen molar-refractivity contribution in [2.45, 2.75) is 12.8 Å². The van der Waals surface area contributed by atoms with E-state index in [4.69, 9.17) is 0 Å². The van der Waals surface area contributed by atoms with Crippen LogP contribution < -0.4 is 5.32 Å². The van der Waals surface area contributed by atoms with Crippen LogP contribution in [0.2, 0.25) is 0 Å². The molecule has 76 valence electrons. The van der Waals surface area contributed by atoms with Crippen LogP contribution >= 0.6 is 0 Å². The highest BCUT2D eigenvalue weighted by atomic mass is 16.2. The van der Waals surface area contributed by atoms with Crippen molar-refractivity contribution in [1.29, 1.82) is 0 Å². The second kappa shape index (κ2) is 3.05. The van der Waals surface area contributed by atoms with Crippen molar-refractivity contribution in [2.24, 2.45) is 5.92 Å². The van der Waals surface area contributed by atoms with Crippen LogP contribution in [0.3, 0.4) is 0 Å². The van der Waals surface area contributed by atoms with E-state index in [1.807, 2.05) is 6.07 Å². The first-order valence-corrected chi connectivity index (χ1v) is 4.94. The molecule has 0 bridgehead atoms. The van der Waals surface area contributed by atoms with E-state index in [0.29, 0.717) is 5.95 Å². The van der Waals surface area contributed by atoms with E-state index in [9.17, 15) is 4.79 Å². The number of nitrogens with zero attached hydrogens (tertiary/aromatic N) is 2. The van der Waals surface area contributed by atoms with Crippen LogP contribution in [0.1, 0.15) is 12.8 Å². The lowest BCUT2D eigenvalue weighted by Crippen LogP contribution is -2.15. The van der Waals surface area contributed by atoms with Gasteiger partial charge in [0.05, 0.1) is 0 Å². The van der Waals surface area contributed by atoms with Gasteiger partial charge in [0.1, 0.15) is 5.65 Å². The molecule has 2 heterocycles. The van der Waals surface area contributed by atoms with Crippen LogP contribution in [0, 0.1) is 5.92 Å². The molecule has 0 aliphatic heterocycles. The maximum atomic E-state index is 11.4. The lowest BCUT2D eigenvalue weighted by atomic mass is 10.4. The fourth-order valence-electron chi connectivity index (χ4n) is 1.46. The quantitative estimate of drug-likeness (QED) is 0.771. The lowest BCUT2D eigenvalue weighted by molar-refractivity contribution is -0.117. The van der Waals surface area contributed by atoms with E-state index in [0.717, 1.165) is 23.9 Å². The summed E-state index contributed by atoms with van der Waals surface area (Å²) in [5, 5.41) is 3.65. The molecule has 2 N–H and O–H groups in total. The first-order valence-electron chi connectivity index (χ1n) is 4.94. The molecule has 1 fully saturated rings. The van der Waals surface area contributed by atoms with Crippen LogP contribution in [0.4, 0.5) is 5.95 Å².